The number of rotatable bonds is 4. The Morgan fingerprint density at radius 1 is 1.25 bits per heavy atom. The molecular formula is C13H18N2O. The largest absolute Gasteiger partial charge is 0.323 e. The summed E-state index contributed by atoms with van der Waals surface area (Å²) in [7, 11) is 0. The van der Waals surface area contributed by atoms with E-state index in [0.717, 1.165) is 18.5 Å². The molecule has 1 rings (SSSR count). The monoisotopic (exact) mass is 218 g/mol. The molecule has 0 heterocycles. The molecule has 0 saturated carbocycles. The van der Waals surface area contributed by atoms with Gasteiger partial charge in [-0.15, -0.1) is 0 Å². The van der Waals surface area contributed by atoms with Crippen LogP contribution in [0.15, 0.2) is 36.5 Å². The van der Waals surface area contributed by atoms with E-state index in [9.17, 15) is 4.79 Å². The number of hydrogen-bond donors (Lipinski definition) is 2. The molecule has 0 atom stereocenters. The lowest BCUT2D eigenvalue weighted by Crippen LogP contribution is -2.23. The first kappa shape index (κ1) is 12.3. The Morgan fingerprint density at radius 3 is 2.50 bits per heavy atom. The van der Waals surface area contributed by atoms with E-state index in [-0.39, 0.29) is 6.03 Å². The van der Waals surface area contributed by atoms with E-state index in [2.05, 4.69) is 17.6 Å². The Labute approximate surface area is 96.6 Å². The molecule has 0 aliphatic heterocycles. The Morgan fingerprint density at radius 2 is 1.94 bits per heavy atom. The van der Waals surface area contributed by atoms with E-state index < -0.39 is 0 Å². The van der Waals surface area contributed by atoms with E-state index in [1.807, 2.05) is 37.3 Å². The van der Waals surface area contributed by atoms with Gasteiger partial charge in [-0.2, -0.15) is 0 Å². The zero-order valence-corrected chi connectivity index (χ0v) is 9.79. The fraction of sp³-hybridized carbons (Fsp3) is 0.308. The van der Waals surface area contributed by atoms with Gasteiger partial charge in [0.2, 0.25) is 0 Å². The van der Waals surface area contributed by atoms with Gasteiger partial charge >= 0.3 is 6.03 Å². The summed E-state index contributed by atoms with van der Waals surface area (Å²) in [6, 6.07) is 7.62. The lowest BCUT2D eigenvalue weighted by molar-refractivity contribution is 0.255. The van der Waals surface area contributed by atoms with Crippen LogP contribution in [0.1, 0.15) is 25.8 Å². The highest BCUT2D eigenvalue weighted by Crippen LogP contribution is 2.09. The van der Waals surface area contributed by atoms with Gasteiger partial charge < -0.3 is 10.6 Å². The summed E-state index contributed by atoms with van der Waals surface area (Å²) in [5, 5.41) is 5.38. The van der Waals surface area contributed by atoms with Gasteiger partial charge in [-0.1, -0.05) is 32.1 Å². The highest BCUT2D eigenvalue weighted by molar-refractivity contribution is 5.89. The molecule has 0 aliphatic rings. The van der Waals surface area contributed by atoms with Crippen LogP contribution >= 0.6 is 0 Å². The van der Waals surface area contributed by atoms with Gasteiger partial charge in [0.15, 0.2) is 0 Å². The molecule has 0 spiro atoms. The van der Waals surface area contributed by atoms with Crippen LogP contribution in [-0.4, -0.2) is 6.03 Å². The minimum atomic E-state index is -0.214. The second kappa shape index (κ2) is 6.67. The van der Waals surface area contributed by atoms with Crippen LogP contribution in [0, 0.1) is 0 Å². The molecule has 1 aromatic rings. The lowest BCUT2D eigenvalue weighted by atomic mass is 10.1. The highest BCUT2D eigenvalue weighted by atomic mass is 16.2. The molecule has 2 N–H and O–H groups in total. The van der Waals surface area contributed by atoms with E-state index in [1.54, 1.807) is 6.20 Å². The number of anilines is 1. The smallest absolute Gasteiger partial charge is 0.315 e. The first-order valence-electron chi connectivity index (χ1n) is 5.57. The van der Waals surface area contributed by atoms with Crippen LogP contribution in [-0.2, 0) is 6.42 Å². The fourth-order valence-corrected chi connectivity index (χ4v) is 1.24. The van der Waals surface area contributed by atoms with Crippen LogP contribution in [0.2, 0.25) is 0 Å². The van der Waals surface area contributed by atoms with Gasteiger partial charge in [0, 0.05) is 11.9 Å². The highest BCUT2D eigenvalue weighted by Gasteiger charge is 1.98. The molecule has 0 aliphatic carbocycles. The van der Waals surface area contributed by atoms with Gasteiger partial charge in [0.05, 0.1) is 0 Å². The summed E-state index contributed by atoms with van der Waals surface area (Å²) in [6.07, 6.45) is 5.45. The normalized spacial score (nSPS) is 10.4. The number of amides is 2. The average molecular weight is 218 g/mol. The number of carbonyl (C=O) groups excluding carboxylic acids is 1. The molecule has 0 radical (unpaired) electrons. The minimum absolute atomic E-state index is 0.214. The van der Waals surface area contributed by atoms with Crippen molar-refractivity contribution in [3.8, 4) is 0 Å². The quantitative estimate of drug-likeness (QED) is 0.800. The number of carbonyl (C=O) groups is 1. The van der Waals surface area contributed by atoms with Gasteiger partial charge in [-0.3, -0.25) is 0 Å². The first-order valence-corrected chi connectivity index (χ1v) is 5.57. The predicted octanol–water partition coefficient (Wildman–Crippen LogP) is 3.29. The number of urea groups is 1. The Balaban J connectivity index is 2.46. The van der Waals surface area contributed by atoms with Crippen molar-refractivity contribution in [1.29, 1.82) is 0 Å². The van der Waals surface area contributed by atoms with E-state index in [0.29, 0.717) is 0 Å². The molecule has 2 amide bonds. The molecule has 0 bridgehead atoms. The standard InChI is InChI=1S/C13H18N2O/c1-3-5-10-14-13(16)15-12-8-6-11(4-2)7-9-12/h5-10H,3-4H2,1-2H3,(H2,14,15,16)/b10-5+. The zero-order valence-electron chi connectivity index (χ0n) is 9.79. The lowest BCUT2D eigenvalue weighted by Gasteiger charge is -2.05. The van der Waals surface area contributed by atoms with Crippen LogP contribution in [0.4, 0.5) is 10.5 Å². The third-order valence-electron chi connectivity index (χ3n) is 2.19. The summed E-state index contributed by atoms with van der Waals surface area (Å²) in [5.41, 5.74) is 2.07. The number of aryl methyl sites for hydroxylation is 1. The molecule has 0 unspecified atom stereocenters. The average Bonchev–Trinajstić information content (AvgIpc) is 2.30. The van der Waals surface area contributed by atoms with E-state index in [4.69, 9.17) is 0 Å². The van der Waals surface area contributed by atoms with Crippen molar-refractivity contribution in [2.75, 3.05) is 5.32 Å². The van der Waals surface area contributed by atoms with Gasteiger partial charge in [-0.05, 0) is 30.5 Å². The van der Waals surface area contributed by atoms with Crippen molar-refractivity contribution < 1.29 is 4.79 Å². The summed E-state index contributed by atoms with van der Waals surface area (Å²) < 4.78 is 0. The number of nitrogens with one attached hydrogen (secondary N) is 2. The van der Waals surface area contributed by atoms with Crippen molar-refractivity contribution in [2.24, 2.45) is 0 Å². The maximum absolute atomic E-state index is 11.4. The SMILES string of the molecule is CC/C=C/NC(=O)Nc1ccc(CC)cc1. The second-order valence-electron chi connectivity index (χ2n) is 3.46. The molecule has 0 aromatic heterocycles. The molecular weight excluding hydrogens is 200 g/mol. The van der Waals surface area contributed by atoms with E-state index >= 15 is 0 Å². The molecule has 16 heavy (non-hydrogen) atoms. The van der Waals surface area contributed by atoms with Crippen LogP contribution in [0.5, 0.6) is 0 Å². The van der Waals surface area contributed by atoms with Crippen LogP contribution in [0.3, 0.4) is 0 Å². The van der Waals surface area contributed by atoms with Crippen molar-refractivity contribution >= 4 is 11.7 Å². The molecule has 3 heteroatoms. The minimum Gasteiger partial charge on any atom is -0.315 e. The molecule has 86 valence electrons. The number of benzene rings is 1. The van der Waals surface area contributed by atoms with Gasteiger partial charge in [0.25, 0.3) is 0 Å². The molecule has 3 nitrogen and oxygen atoms in total. The fourth-order valence-electron chi connectivity index (χ4n) is 1.24. The summed E-state index contributed by atoms with van der Waals surface area (Å²) in [4.78, 5) is 11.4. The van der Waals surface area contributed by atoms with E-state index in [1.165, 1.54) is 5.56 Å². The van der Waals surface area contributed by atoms with Crippen LogP contribution < -0.4 is 10.6 Å². The van der Waals surface area contributed by atoms with Crippen molar-refractivity contribution in [3.63, 3.8) is 0 Å². The first-order chi connectivity index (χ1) is 7.76. The summed E-state index contributed by atoms with van der Waals surface area (Å²) >= 11 is 0. The maximum atomic E-state index is 11.4. The number of hydrogen-bond acceptors (Lipinski definition) is 1. The predicted molar refractivity (Wildman–Crippen MR) is 67.4 cm³/mol. The summed E-state index contributed by atoms with van der Waals surface area (Å²) in [6.45, 7) is 4.12. The third-order valence-corrected chi connectivity index (χ3v) is 2.19. The van der Waals surface area contributed by atoms with Gasteiger partial charge in [0.1, 0.15) is 0 Å². The van der Waals surface area contributed by atoms with Crippen molar-refractivity contribution in [3.05, 3.63) is 42.1 Å². The Bertz CT molecular complexity index is 355. The third kappa shape index (κ3) is 4.17. The Hall–Kier alpha value is -1.77. The second-order valence-corrected chi connectivity index (χ2v) is 3.46. The molecule has 0 fully saturated rings. The maximum Gasteiger partial charge on any atom is 0.323 e. The molecule has 1 aromatic carbocycles. The summed E-state index contributed by atoms with van der Waals surface area (Å²) in [5.74, 6) is 0. The van der Waals surface area contributed by atoms with Gasteiger partial charge in [-0.25, -0.2) is 4.79 Å². The van der Waals surface area contributed by atoms with Crippen molar-refractivity contribution in [2.45, 2.75) is 26.7 Å². The number of allylic oxidation sites excluding steroid dienone is 1. The topological polar surface area (TPSA) is 41.1 Å². The Kier molecular flexibility index (Phi) is 5.12. The van der Waals surface area contributed by atoms with Crippen molar-refractivity contribution in [1.82, 2.24) is 5.32 Å². The zero-order chi connectivity index (χ0) is 11.8. The van der Waals surface area contributed by atoms with Crippen LogP contribution in [0.25, 0.3) is 0 Å². The molecule has 0 saturated heterocycles.